The molecule has 1 nitrogen and oxygen atoms in total. The lowest BCUT2D eigenvalue weighted by Crippen LogP contribution is -1.94. The monoisotopic (exact) mass is 676 g/mol. The van der Waals surface area contributed by atoms with Crippen molar-refractivity contribution in [1.82, 2.24) is 0 Å². The number of benzene rings is 10. The Bertz CT molecular complexity index is 4840. The number of furan rings is 1. The van der Waals surface area contributed by atoms with Gasteiger partial charge in [-0.3, -0.25) is 0 Å². The highest BCUT2D eigenvalue weighted by Crippen LogP contribution is 2.49. The number of para-hydroxylation sites is 1. The summed E-state index contributed by atoms with van der Waals surface area (Å²) in [5.74, 6) is 0. The van der Waals surface area contributed by atoms with Gasteiger partial charge in [-0.05, 0) is 99.8 Å². The summed E-state index contributed by atoms with van der Waals surface area (Å²) < 4.78 is 281. The van der Waals surface area contributed by atoms with Crippen molar-refractivity contribution in [3.8, 4) is 33.4 Å². The molecule has 236 valence electrons. The van der Waals surface area contributed by atoms with Gasteiger partial charge in [-0.15, -0.1) is 0 Å². The zero-order valence-corrected chi connectivity index (χ0v) is 25.4. The predicted molar refractivity (Wildman–Crippen MR) is 218 cm³/mol. The number of rotatable bonds is 3. The molecule has 51 heavy (non-hydrogen) atoms. The predicted octanol–water partition coefficient (Wildman–Crippen LogP) is 14.4. The normalized spacial score (nSPS) is 20.2. The second kappa shape index (κ2) is 10.9. The minimum Gasteiger partial charge on any atom is -0.455 e. The average molecular weight is 677 g/mol. The maximum absolute atomic E-state index is 10.2. The molecule has 0 aliphatic carbocycles. The van der Waals surface area contributed by atoms with Gasteiger partial charge >= 0.3 is 0 Å². The van der Waals surface area contributed by atoms with Gasteiger partial charge in [-0.25, -0.2) is 0 Å². The Morgan fingerprint density at radius 3 is 1.43 bits per heavy atom. The summed E-state index contributed by atoms with van der Waals surface area (Å²) in [6, 6.07) is -29.2. The van der Waals surface area contributed by atoms with E-state index in [1.165, 1.54) is 0 Å². The van der Waals surface area contributed by atoms with Crippen molar-refractivity contribution >= 4 is 75.8 Å². The summed E-state index contributed by atoms with van der Waals surface area (Å²) in [7, 11) is 0. The lowest BCUT2D eigenvalue weighted by molar-refractivity contribution is 0.670. The summed E-state index contributed by atoms with van der Waals surface area (Å²) >= 11 is 0. The van der Waals surface area contributed by atoms with Crippen LogP contribution >= 0.6 is 0 Å². The highest BCUT2D eigenvalue weighted by molar-refractivity contribution is 6.26. The Morgan fingerprint density at radius 2 is 0.765 bits per heavy atom. The Kier molecular flexibility index (Phi) is 2.50. The third-order valence-electron chi connectivity index (χ3n) is 8.62. The molecule has 0 saturated carbocycles. The van der Waals surface area contributed by atoms with Crippen LogP contribution in [0, 0.1) is 0 Å². The van der Waals surface area contributed by atoms with Crippen molar-refractivity contribution in [1.29, 1.82) is 0 Å². The molecule has 0 aliphatic rings. The van der Waals surface area contributed by atoms with E-state index < -0.39 is 290 Å². The van der Waals surface area contributed by atoms with Crippen molar-refractivity contribution in [2.45, 2.75) is 0 Å². The molecule has 0 N–H and O–H groups in total. The molecule has 0 aliphatic heterocycles. The van der Waals surface area contributed by atoms with Gasteiger partial charge in [-0.2, -0.15) is 0 Å². The van der Waals surface area contributed by atoms with Crippen molar-refractivity contribution in [2.24, 2.45) is 0 Å². The van der Waals surface area contributed by atoms with Crippen molar-refractivity contribution in [2.75, 3.05) is 0 Å². The topological polar surface area (TPSA) is 13.1 Å². The largest absolute Gasteiger partial charge is 0.455 e. The quantitative estimate of drug-likeness (QED) is 0.170. The fourth-order valence-corrected chi connectivity index (χ4v) is 6.53. The van der Waals surface area contributed by atoms with Gasteiger partial charge in [0.2, 0.25) is 0 Å². The number of fused-ring (bicyclic) bond motifs is 9. The zero-order chi connectivity index (χ0) is 59.6. The zero-order valence-electron chi connectivity index (χ0n) is 55.4. The molecule has 1 heterocycles. The first kappa shape index (κ1) is 11.7. The van der Waals surface area contributed by atoms with E-state index in [1.807, 2.05) is 0 Å². The SMILES string of the molecule is [2H]c1c([2H])c([2H])c2c(oc3c([2H])c([2H])c4c([2H])c([2H])c([2H])c([2H])c4c32)c1-c1c(-c2c3c([2H])c([2H])c([2H])c([2H])c3c(-c3c([2H])c([2H])c([2H])c4c([2H])c([2H])c([2H])c([2H])c34)c3c([2H])c([2H])c([2H])c([2H])c23)c([2H])c2c([2H])c([2H])c([2H])c([2H])c2c1[2H]. The minimum absolute atomic E-state index is 0.470. The Labute approximate surface area is 336 Å². The van der Waals surface area contributed by atoms with Crippen LogP contribution in [-0.4, -0.2) is 0 Å². The molecule has 0 atom stereocenters. The van der Waals surface area contributed by atoms with E-state index in [1.54, 1.807) is 0 Å². The molecule has 0 amide bonds. The van der Waals surface area contributed by atoms with Gasteiger partial charge < -0.3 is 4.42 Å². The third-order valence-corrected chi connectivity index (χ3v) is 8.62. The molecule has 0 fully saturated rings. The van der Waals surface area contributed by atoms with E-state index in [4.69, 9.17) is 30.5 Å². The van der Waals surface area contributed by atoms with Crippen molar-refractivity contribution < 1.29 is 45.5 Å². The smallest absolute Gasteiger partial charge is 0.143 e. The van der Waals surface area contributed by atoms with Gasteiger partial charge in [-0.1, -0.05) is 163 Å². The van der Waals surface area contributed by atoms with E-state index in [0.717, 1.165) is 0 Å². The third kappa shape index (κ3) is 4.16. The van der Waals surface area contributed by atoms with Crippen LogP contribution in [0.4, 0.5) is 0 Å². The summed E-state index contributed by atoms with van der Waals surface area (Å²) in [6.07, 6.45) is 0. The highest BCUT2D eigenvalue weighted by Gasteiger charge is 2.22. The van der Waals surface area contributed by atoms with Crippen LogP contribution in [-0.2, 0) is 0 Å². The lowest BCUT2D eigenvalue weighted by atomic mass is 9.82. The summed E-state index contributed by atoms with van der Waals surface area (Å²) in [6.45, 7) is 0. The second-order valence-electron chi connectivity index (χ2n) is 11.3. The molecular formula is C50H30O. The van der Waals surface area contributed by atoms with Crippen LogP contribution in [0.3, 0.4) is 0 Å². The first-order valence-corrected chi connectivity index (χ1v) is 15.2. The fraction of sp³-hybridized carbons (Fsp3) is 0. The van der Waals surface area contributed by atoms with E-state index in [9.17, 15) is 15.1 Å². The molecule has 0 spiro atoms. The van der Waals surface area contributed by atoms with Crippen LogP contribution in [0.2, 0.25) is 0 Å². The van der Waals surface area contributed by atoms with Crippen molar-refractivity contribution in [3.05, 3.63) is 181 Å². The van der Waals surface area contributed by atoms with Crippen molar-refractivity contribution in [3.63, 3.8) is 0 Å². The van der Waals surface area contributed by atoms with E-state index in [2.05, 4.69) is 0 Å². The van der Waals surface area contributed by atoms with E-state index in [-0.39, 0.29) is 0 Å². The van der Waals surface area contributed by atoms with Gasteiger partial charge in [0.05, 0.1) is 41.1 Å². The van der Waals surface area contributed by atoms with Crippen LogP contribution in [0.1, 0.15) is 41.1 Å². The Morgan fingerprint density at radius 1 is 0.314 bits per heavy atom. The van der Waals surface area contributed by atoms with E-state index in [0.29, 0.717) is 0 Å². The summed E-state index contributed by atoms with van der Waals surface area (Å²) in [4.78, 5) is 0. The second-order valence-corrected chi connectivity index (χ2v) is 11.3. The molecule has 0 unspecified atom stereocenters. The standard InChI is InChI=1S/C50H30O/c1-2-16-34-30-45(44(29-33(34)15-1)42-25-12-26-43-49-36-19-6-4-14-32(36)27-28-46(49)51-50(42)43)48-40-22-9-7-20-38(40)47(39-21-8-10-23-41(39)48)37-24-11-17-31-13-3-5-18-35(31)37/h1-30H/i1D,2D,3D,4D,5D,6D,7D,8D,9D,10D,11D,12D,13D,14D,15D,16D,17D,18D,19D,20D,21D,22D,23D,24D,25D,26D,27D,28D,29D,30D. The summed E-state index contributed by atoms with van der Waals surface area (Å²) in [5, 5.41) is -8.40. The van der Waals surface area contributed by atoms with Gasteiger partial charge in [0.15, 0.2) is 0 Å². The Hall–Kier alpha value is -6.70. The maximum atomic E-state index is 10.2. The maximum Gasteiger partial charge on any atom is 0.143 e. The van der Waals surface area contributed by atoms with Gasteiger partial charge in [0, 0.05) is 16.3 Å². The van der Waals surface area contributed by atoms with Crippen LogP contribution < -0.4 is 0 Å². The van der Waals surface area contributed by atoms with E-state index >= 15 is 0 Å². The highest BCUT2D eigenvalue weighted by atomic mass is 16.3. The van der Waals surface area contributed by atoms with Crippen LogP contribution in [0.25, 0.3) is 109 Å². The molecule has 0 radical (unpaired) electrons. The lowest BCUT2D eigenvalue weighted by Gasteiger charge is -2.21. The number of hydrogen-bond acceptors (Lipinski definition) is 1. The Balaban J connectivity index is 1.53. The van der Waals surface area contributed by atoms with Crippen LogP contribution in [0.5, 0.6) is 0 Å². The van der Waals surface area contributed by atoms with Crippen LogP contribution in [0.15, 0.2) is 186 Å². The van der Waals surface area contributed by atoms with Gasteiger partial charge in [0.1, 0.15) is 11.2 Å². The molecule has 11 aromatic rings. The fourth-order valence-electron chi connectivity index (χ4n) is 6.53. The molecule has 1 aromatic heterocycles. The minimum atomic E-state index is -1.10. The molecular weight excluding hydrogens is 617 g/mol. The molecule has 10 aromatic carbocycles. The first-order chi connectivity index (χ1) is 37.8. The molecule has 1 heteroatoms. The summed E-state index contributed by atoms with van der Waals surface area (Å²) in [5.41, 5.74) is -6.57. The van der Waals surface area contributed by atoms with Gasteiger partial charge in [0.25, 0.3) is 0 Å². The molecule has 11 rings (SSSR count). The number of hydrogen-bond donors (Lipinski definition) is 0. The average Bonchev–Trinajstić information content (AvgIpc) is 4.06. The molecule has 0 saturated heterocycles. The first-order valence-electron chi connectivity index (χ1n) is 30.2. The molecule has 0 bridgehead atoms.